The molecule has 1 saturated carbocycles. The minimum atomic E-state index is -3.01. The first kappa shape index (κ1) is 27.3. The molecule has 2 atom stereocenters. The van der Waals surface area contributed by atoms with E-state index in [0.717, 1.165) is 12.8 Å². The number of ether oxygens (including phenoxy) is 2. The predicted molar refractivity (Wildman–Crippen MR) is 135 cm³/mol. The van der Waals surface area contributed by atoms with Crippen molar-refractivity contribution in [1.29, 1.82) is 0 Å². The number of nitrogens with two attached hydrogens (primary N) is 1. The van der Waals surface area contributed by atoms with Gasteiger partial charge in [0.25, 0.3) is 5.91 Å². The van der Waals surface area contributed by atoms with Gasteiger partial charge in [0, 0.05) is 25.2 Å². The number of rotatable bonds is 9. The molecule has 3 N–H and O–H groups in total. The Morgan fingerprint density at radius 2 is 1.90 bits per heavy atom. The van der Waals surface area contributed by atoms with E-state index in [9.17, 15) is 23.5 Å². The number of nitrogens with zero attached hydrogens (tertiary/aromatic N) is 3. The molecule has 2 aromatic rings. The Labute approximate surface area is 225 Å². The Morgan fingerprint density at radius 1 is 1.15 bits per heavy atom. The van der Waals surface area contributed by atoms with Crippen LogP contribution in [0.3, 0.4) is 0 Å². The molecule has 12 heteroatoms. The Kier molecular flexibility index (Phi) is 8.03. The molecular formula is C27H34F2N4O6. The molecule has 0 unspecified atom stereocenters. The maximum Gasteiger partial charge on any atom is 0.387 e. The van der Waals surface area contributed by atoms with Crippen LogP contribution in [0.2, 0.25) is 0 Å². The van der Waals surface area contributed by atoms with Gasteiger partial charge in [0.1, 0.15) is 6.04 Å². The third-order valence-electron chi connectivity index (χ3n) is 7.42. The van der Waals surface area contributed by atoms with Gasteiger partial charge in [-0.15, -0.1) is 0 Å². The van der Waals surface area contributed by atoms with Gasteiger partial charge in [0.2, 0.25) is 11.8 Å². The molecule has 0 radical (unpaired) electrons. The van der Waals surface area contributed by atoms with E-state index in [1.807, 2.05) is 0 Å². The van der Waals surface area contributed by atoms with Gasteiger partial charge in [-0.3, -0.25) is 9.59 Å². The summed E-state index contributed by atoms with van der Waals surface area (Å²) < 4.78 is 42.2. The maximum absolute atomic E-state index is 13.7. The van der Waals surface area contributed by atoms with Gasteiger partial charge in [-0.2, -0.15) is 8.78 Å². The van der Waals surface area contributed by atoms with E-state index in [2.05, 4.69) is 9.72 Å². The fourth-order valence-electron chi connectivity index (χ4n) is 5.06. The molecule has 2 amide bonds. The van der Waals surface area contributed by atoms with Crippen LogP contribution >= 0.6 is 0 Å². The number of hydrogen-bond acceptors (Lipinski definition) is 8. The first-order chi connectivity index (χ1) is 18.7. The second kappa shape index (κ2) is 11.5. The molecule has 2 saturated heterocycles. The molecule has 1 aromatic carbocycles. The molecule has 10 nitrogen and oxygen atoms in total. The Hall–Kier alpha value is -3.25. The van der Waals surface area contributed by atoms with Gasteiger partial charge in [0.15, 0.2) is 23.0 Å². The number of aliphatic hydroxyl groups excluding tert-OH is 1. The lowest BCUT2D eigenvalue weighted by molar-refractivity contribution is -0.137. The monoisotopic (exact) mass is 548 g/mol. The number of halogens is 2. The zero-order valence-corrected chi connectivity index (χ0v) is 21.9. The molecule has 1 aliphatic carbocycles. The number of benzene rings is 1. The van der Waals surface area contributed by atoms with Crippen molar-refractivity contribution in [3.05, 3.63) is 29.7 Å². The topological polar surface area (TPSA) is 131 Å². The summed E-state index contributed by atoms with van der Waals surface area (Å²) in [5.74, 6) is 0.0761. The summed E-state index contributed by atoms with van der Waals surface area (Å²) in [7, 11) is 0. The Bertz CT molecular complexity index is 1190. The third-order valence-corrected chi connectivity index (χ3v) is 7.42. The number of aliphatic hydroxyl groups is 1. The van der Waals surface area contributed by atoms with E-state index in [1.54, 1.807) is 11.8 Å². The highest BCUT2D eigenvalue weighted by Gasteiger charge is 2.40. The Morgan fingerprint density at radius 3 is 2.56 bits per heavy atom. The van der Waals surface area contributed by atoms with Crippen molar-refractivity contribution in [2.24, 2.45) is 11.7 Å². The summed E-state index contributed by atoms with van der Waals surface area (Å²) in [6.45, 7) is 0.328. The van der Waals surface area contributed by atoms with Crippen molar-refractivity contribution in [1.82, 2.24) is 14.8 Å². The van der Waals surface area contributed by atoms with Gasteiger partial charge >= 0.3 is 6.61 Å². The van der Waals surface area contributed by atoms with Gasteiger partial charge < -0.3 is 34.5 Å². The van der Waals surface area contributed by atoms with E-state index in [4.69, 9.17) is 14.9 Å². The molecule has 0 spiro atoms. The Balaban J connectivity index is 1.40. The average molecular weight is 549 g/mol. The summed E-state index contributed by atoms with van der Waals surface area (Å²) in [4.78, 5) is 34.6. The van der Waals surface area contributed by atoms with Crippen LogP contribution < -0.4 is 15.2 Å². The molecule has 2 aliphatic heterocycles. The lowest BCUT2D eigenvalue weighted by atomic mass is 10.1. The minimum Gasteiger partial charge on any atom is -0.489 e. The molecule has 3 fully saturated rings. The van der Waals surface area contributed by atoms with Crippen molar-refractivity contribution >= 4 is 11.8 Å². The van der Waals surface area contributed by atoms with E-state index in [-0.39, 0.29) is 34.8 Å². The number of oxazole rings is 1. The maximum atomic E-state index is 13.7. The number of carbonyl (C=O) groups excluding carboxylic acids is 2. The zero-order chi connectivity index (χ0) is 27.7. The molecular weight excluding hydrogens is 514 g/mol. The number of carbonyl (C=O) groups is 2. The lowest BCUT2D eigenvalue weighted by Gasteiger charge is -2.34. The van der Waals surface area contributed by atoms with Crippen LogP contribution in [0.15, 0.2) is 22.6 Å². The molecule has 39 heavy (non-hydrogen) atoms. The largest absolute Gasteiger partial charge is 0.489 e. The molecule has 3 aliphatic rings. The van der Waals surface area contributed by atoms with E-state index < -0.39 is 30.7 Å². The van der Waals surface area contributed by atoms with E-state index in [1.165, 1.54) is 23.1 Å². The fourth-order valence-corrected chi connectivity index (χ4v) is 5.06. The van der Waals surface area contributed by atoms with Crippen molar-refractivity contribution < 1.29 is 37.4 Å². The van der Waals surface area contributed by atoms with Gasteiger partial charge in [-0.1, -0.05) is 0 Å². The molecule has 212 valence electrons. The van der Waals surface area contributed by atoms with E-state index >= 15 is 0 Å². The zero-order valence-electron chi connectivity index (χ0n) is 21.9. The highest BCUT2D eigenvalue weighted by molar-refractivity contribution is 5.97. The van der Waals surface area contributed by atoms with Gasteiger partial charge in [-0.05, 0) is 69.6 Å². The summed E-state index contributed by atoms with van der Waals surface area (Å²) in [5.41, 5.74) is 6.55. The highest BCUT2D eigenvalue weighted by atomic mass is 19.3. The SMILES string of the molecule is C[C@H](N)c1oc(-c2ccc(OC(F)F)c(OCC3CC3)c2)nc1C(=O)N1CCC[C@H]1C(=O)N1CCC(O)CC1. The molecule has 1 aromatic heterocycles. The van der Waals surface area contributed by atoms with Crippen LogP contribution in [-0.4, -0.2) is 76.7 Å². The van der Waals surface area contributed by atoms with Crippen molar-refractivity contribution in [2.45, 2.75) is 70.2 Å². The molecule has 3 heterocycles. The first-order valence-corrected chi connectivity index (χ1v) is 13.5. The second-order valence-corrected chi connectivity index (χ2v) is 10.5. The van der Waals surface area contributed by atoms with Crippen molar-refractivity contribution in [3.63, 3.8) is 0 Å². The summed E-state index contributed by atoms with van der Waals surface area (Å²) in [6, 6.07) is 3.06. The highest BCUT2D eigenvalue weighted by Crippen LogP contribution is 2.37. The van der Waals surface area contributed by atoms with Crippen LogP contribution in [0, 0.1) is 5.92 Å². The normalized spacial score (nSPS) is 20.9. The van der Waals surface area contributed by atoms with Crippen LogP contribution in [0.1, 0.15) is 67.7 Å². The van der Waals surface area contributed by atoms with Crippen molar-refractivity contribution in [2.75, 3.05) is 26.2 Å². The number of amides is 2. The fraction of sp³-hybridized carbons (Fsp3) is 0.593. The third kappa shape index (κ3) is 6.17. The smallest absolute Gasteiger partial charge is 0.387 e. The quantitative estimate of drug-likeness (QED) is 0.488. The number of hydrogen-bond donors (Lipinski definition) is 2. The van der Waals surface area contributed by atoms with Gasteiger partial charge in [0.05, 0.1) is 18.8 Å². The van der Waals surface area contributed by atoms with Crippen LogP contribution in [0.4, 0.5) is 8.78 Å². The van der Waals surface area contributed by atoms with Crippen molar-refractivity contribution in [3.8, 4) is 23.0 Å². The van der Waals surface area contributed by atoms with Crippen LogP contribution in [0.25, 0.3) is 11.5 Å². The van der Waals surface area contributed by atoms with Crippen LogP contribution in [0.5, 0.6) is 11.5 Å². The van der Waals surface area contributed by atoms with Crippen LogP contribution in [-0.2, 0) is 4.79 Å². The lowest BCUT2D eigenvalue weighted by Crippen LogP contribution is -2.50. The predicted octanol–water partition coefficient (Wildman–Crippen LogP) is 3.34. The van der Waals surface area contributed by atoms with E-state index in [0.29, 0.717) is 63.4 Å². The average Bonchev–Trinajstić information content (AvgIpc) is 3.42. The standard InChI is InChI=1S/C27H34F2N4O6/c1-15(30)23-22(26(36)33-10-2-3-19(33)25(35)32-11-8-18(34)9-12-32)31-24(39-23)17-6-7-20(38-27(28)29)21(13-17)37-14-16-4-5-16/h6-7,13,15-16,18-19,27,34H,2-5,8-12,14,30H2,1H3/t15-,19-/m0/s1. The molecule has 0 bridgehead atoms. The second-order valence-electron chi connectivity index (χ2n) is 10.5. The summed E-state index contributed by atoms with van der Waals surface area (Å²) in [6.07, 6.45) is 3.87. The summed E-state index contributed by atoms with van der Waals surface area (Å²) >= 11 is 0. The van der Waals surface area contributed by atoms with Gasteiger partial charge in [-0.25, -0.2) is 4.98 Å². The number of piperidine rings is 1. The molecule has 5 rings (SSSR count). The first-order valence-electron chi connectivity index (χ1n) is 13.5. The number of alkyl halides is 2. The number of aromatic nitrogens is 1. The minimum absolute atomic E-state index is 0.0159. The summed E-state index contributed by atoms with van der Waals surface area (Å²) in [5, 5.41) is 9.79. The number of likely N-dealkylation sites (tertiary alicyclic amines) is 2.